The van der Waals surface area contributed by atoms with Crippen molar-refractivity contribution in [3.8, 4) is 5.75 Å². The topological polar surface area (TPSA) is 64.4 Å². The number of nitrogens with zero attached hydrogens (tertiary/aromatic N) is 1. The van der Waals surface area contributed by atoms with Gasteiger partial charge < -0.3 is 14.6 Å². The zero-order valence-electron chi connectivity index (χ0n) is 14.4. The molecule has 124 valence electrons. The molecule has 2 aromatic rings. The summed E-state index contributed by atoms with van der Waals surface area (Å²) in [6, 6.07) is 7.83. The van der Waals surface area contributed by atoms with Crippen LogP contribution >= 0.6 is 0 Å². The lowest BCUT2D eigenvalue weighted by molar-refractivity contribution is 0.0950. The van der Waals surface area contributed by atoms with Gasteiger partial charge in [0.05, 0.1) is 7.11 Å². The van der Waals surface area contributed by atoms with E-state index in [0.29, 0.717) is 23.6 Å². The molecular weight excluding hydrogens is 292 g/mol. The van der Waals surface area contributed by atoms with E-state index in [1.54, 1.807) is 14.0 Å². The van der Waals surface area contributed by atoms with Crippen LogP contribution in [0, 0.1) is 6.92 Å². The predicted octanol–water partition coefficient (Wildman–Crippen LogP) is 3.26. The van der Waals surface area contributed by atoms with Crippen molar-refractivity contribution in [1.29, 1.82) is 0 Å². The number of benzene rings is 1. The van der Waals surface area contributed by atoms with E-state index in [-0.39, 0.29) is 11.3 Å². The Morgan fingerprint density at radius 1 is 1.35 bits per heavy atom. The lowest BCUT2D eigenvalue weighted by Crippen LogP contribution is -2.29. The van der Waals surface area contributed by atoms with Crippen molar-refractivity contribution >= 4 is 5.91 Å². The summed E-state index contributed by atoms with van der Waals surface area (Å²) in [4.78, 5) is 12.5. The SMILES string of the molecule is COc1cccc(CCNC(=O)c2c(C(C)(C)C)noc2C)c1. The van der Waals surface area contributed by atoms with Crippen LogP contribution in [-0.2, 0) is 11.8 Å². The van der Waals surface area contributed by atoms with Gasteiger partial charge >= 0.3 is 0 Å². The average molecular weight is 316 g/mol. The number of amides is 1. The minimum absolute atomic E-state index is 0.142. The number of aryl methyl sites for hydroxylation is 1. The second-order valence-corrected chi connectivity index (χ2v) is 6.57. The van der Waals surface area contributed by atoms with E-state index < -0.39 is 0 Å². The second-order valence-electron chi connectivity index (χ2n) is 6.57. The highest BCUT2D eigenvalue weighted by atomic mass is 16.5. The number of hydrogen-bond acceptors (Lipinski definition) is 4. The molecule has 0 aliphatic carbocycles. The van der Waals surface area contributed by atoms with Crippen LogP contribution in [0.3, 0.4) is 0 Å². The molecule has 0 spiro atoms. The van der Waals surface area contributed by atoms with Gasteiger partial charge in [0.15, 0.2) is 0 Å². The van der Waals surface area contributed by atoms with E-state index in [4.69, 9.17) is 9.26 Å². The summed E-state index contributed by atoms with van der Waals surface area (Å²) < 4.78 is 10.4. The maximum atomic E-state index is 12.5. The first-order valence-corrected chi connectivity index (χ1v) is 7.71. The maximum absolute atomic E-state index is 12.5. The zero-order chi connectivity index (χ0) is 17.0. The first-order chi connectivity index (χ1) is 10.8. The Morgan fingerprint density at radius 2 is 2.09 bits per heavy atom. The zero-order valence-corrected chi connectivity index (χ0v) is 14.4. The molecule has 0 saturated heterocycles. The summed E-state index contributed by atoms with van der Waals surface area (Å²) in [5, 5.41) is 6.99. The molecule has 0 bridgehead atoms. The highest BCUT2D eigenvalue weighted by Crippen LogP contribution is 2.26. The molecular formula is C18H24N2O3. The van der Waals surface area contributed by atoms with Crippen molar-refractivity contribution in [2.45, 2.75) is 39.5 Å². The Balaban J connectivity index is 2.02. The van der Waals surface area contributed by atoms with Crippen molar-refractivity contribution in [3.05, 3.63) is 46.8 Å². The minimum Gasteiger partial charge on any atom is -0.497 e. The van der Waals surface area contributed by atoms with Crippen LogP contribution in [-0.4, -0.2) is 24.7 Å². The van der Waals surface area contributed by atoms with E-state index in [9.17, 15) is 4.79 Å². The summed E-state index contributed by atoms with van der Waals surface area (Å²) in [5.41, 5.74) is 2.11. The van der Waals surface area contributed by atoms with Gasteiger partial charge in [-0.2, -0.15) is 0 Å². The lowest BCUT2D eigenvalue weighted by atomic mass is 9.88. The fourth-order valence-corrected chi connectivity index (χ4v) is 2.39. The number of rotatable bonds is 5. The molecule has 0 radical (unpaired) electrons. The van der Waals surface area contributed by atoms with Gasteiger partial charge in [-0.05, 0) is 31.0 Å². The third-order valence-corrected chi connectivity index (χ3v) is 3.63. The number of hydrogen-bond donors (Lipinski definition) is 1. The molecule has 23 heavy (non-hydrogen) atoms. The fraction of sp³-hybridized carbons (Fsp3) is 0.444. The van der Waals surface area contributed by atoms with E-state index in [2.05, 4.69) is 10.5 Å². The van der Waals surface area contributed by atoms with Gasteiger partial charge in [-0.3, -0.25) is 4.79 Å². The van der Waals surface area contributed by atoms with Crippen LogP contribution in [0.1, 0.15) is 48.1 Å². The van der Waals surface area contributed by atoms with E-state index in [1.807, 2.05) is 45.0 Å². The Labute approximate surface area is 137 Å². The van der Waals surface area contributed by atoms with Crippen LogP contribution in [0.2, 0.25) is 0 Å². The van der Waals surface area contributed by atoms with Gasteiger partial charge in [0.25, 0.3) is 5.91 Å². The Bertz CT molecular complexity index is 684. The number of ether oxygens (including phenoxy) is 1. The largest absolute Gasteiger partial charge is 0.497 e. The highest BCUT2D eigenvalue weighted by Gasteiger charge is 2.28. The fourth-order valence-electron chi connectivity index (χ4n) is 2.39. The molecule has 1 heterocycles. The van der Waals surface area contributed by atoms with Crippen molar-refractivity contribution in [2.24, 2.45) is 0 Å². The van der Waals surface area contributed by atoms with Crippen LogP contribution in [0.15, 0.2) is 28.8 Å². The monoisotopic (exact) mass is 316 g/mol. The molecule has 0 saturated carbocycles. The number of carbonyl (C=O) groups excluding carboxylic acids is 1. The van der Waals surface area contributed by atoms with Gasteiger partial charge in [-0.1, -0.05) is 38.1 Å². The van der Waals surface area contributed by atoms with Crippen LogP contribution < -0.4 is 10.1 Å². The van der Waals surface area contributed by atoms with Crippen LogP contribution in [0.5, 0.6) is 5.75 Å². The van der Waals surface area contributed by atoms with E-state index in [1.165, 1.54) is 0 Å². The van der Waals surface area contributed by atoms with E-state index >= 15 is 0 Å². The average Bonchev–Trinajstić information content (AvgIpc) is 2.89. The lowest BCUT2D eigenvalue weighted by Gasteiger charge is -2.16. The molecule has 5 nitrogen and oxygen atoms in total. The Kier molecular flexibility index (Phi) is 5.08. The van der Waals surface area contributed by atoms with Gasteiger partial charge in [0.2, 0.25) is 0 Å². The number of aromatic nitrogens is 1. The molecule has 0 aliphatic rings. The smallest absolute Gasteiger partial charge is 0.256 e. The molecule has 1 aromatic carbocycles. The van der Waals surface area contributed by atoms with Crippen molar-refractivity contribution in [3.63, 3.8) is 0 Å². The summed E-state index contributed by atoms with van der Waals surface area (Å²) in [7, 11) is 1.64. The summed E-state index contributed by atoms with van der Waals surface area (Å²) in [5.74, 6) is 1.23. The van der Waals surface area contributed by atoms with Crippen LogP contribution in [0.4, 0.5) is 0 Å². The summed E-state index contributed by atoms with van der Waals surface area (Å²) >= 11 is 0. The van der Waals surface area contributed by atoms with Crippen molar-refractivity contribution in [2.75, 3.05) is 13.7 Å². The first-order valence-electron chi connectivity index (χ1n) is 7.71. The van der Waals surface area contributed by atoms with Gasteiger partial charge in [-0.15, -0.1) is 0 Å². The predicted molar refractivity (Wildman–Crippen MR) is 89.0 cm³/mol. The third kappa shape index (κ3) is 4.12. The number of methoxy groups -OCH3 is 1. The molecule has 1 aromatic heterocycles. The molecule has 0 aliphatic heterocycles. The van der Waals surface area contributed by atoms with Crippen molar-refractivity contribution in [1.82, 2.24) is 10.5 Å². The quantitative estimate of drug-likeness (QED) is 0.919. The molecule has 0 unspecified atom stereocenters. The molecule has 2 rings (SSSR count). The highest BCUT2D eigenvalue weighted by molar-refractivity contribution is 5.96. The second kappa shape index (κ2) is 6.86. The third-order valence-electron chi connectivity index (χ3n) is 3.63. The van der Waals surface area contributed by atoms with Gasteiger partial charge in [0.1, 0.15) is 22.8 Å². The minimum atomic E-state index is -0.239. The van der Waals surface area contributed by atoms with Gasteiger partial charge in [0, 0.05) is 12.0 Å². The molecule has 1 N–H and O–H groups in total. The van der Waals surface area contributed by atoms with Crippen LogP contribution in [0.25, 0.3) is 0 Å². The Morgan fingerprint density at radius 3 is 2.74 bits per heavy atom. The first kappa shape index (κ1) is 17.1. The summed E-state index contributed by atoms with van der Waals surface area (Å²) in [6.45, 7) is 8.34. The van der Waals surface area contributed by atoms with E-state index in [0.717, 1.165) is 17.7 Å². The standard InChI is InChI=1S/C18H24N2O3/c1-12-15(16(20-23-12)18(2,3)4)17(21)19-10-9-13-7-6-8-14(11-13)22-5/h6-8,11H,9-10H2,1-5H3,(H,19,21). The number of carbonyl (C=O) groups is 1. The molecule has 0 fully saturated rings. The summed E-state index contributed by atoms with van der Waals surface area (Å²) in [6.07, 6.45) is 0.734. The molecule has 1 amide bonds. The molecule has 0 atom stereocenters. The maximum Gasteiger partial charge on any atom is 0.256 e. The normalized spacial score (nSPS) is 11.3. The number of nitrogens with one attached hydrogen (secondary N) is 1. The van der Waals surface area contributed by atoms with Gasteiger partial charge in [-0.25, -0.2) is 0 Å². The molecule has 5 heteroatoms. The van der Waals surface area contributed by atoms with Crippen molar-refractivity contribution < 1.29 is 14.1 Å². The Hall–Kier alpha value is -2.30.